The number of carboxylic acid groups (broad SMARTS) is 1. The van der Waals surface area contributed by atoms with Gasteiger partial charge in [0.2, 0.25) is 11.8 Å². The van der Waals surface area contributed by atoms with E-state index in [4.69, 9.17) is 28.2 Å². The van der Waals surface area contributed by atoms with Gasteiger partial charge in [-0.25, -0.2) is 12.5 Å². The molecule has 1 rings (SSSR count). The molecule has 0 aromatic heterocycles. The Morgan fingerprint density at radius 2 is 1.36 bits per heavy atom. The second kappa shape index (κ2) is 15.8. The number of aliphatic carboxylic acids is 1. The van der Waals surface area contributed by atoms with Crippen LogP contribution in [0.5, 0.6) is 0 Å². The molecule has 20 nitrogen and oxygen atoms in total. The molecule has 39 heavy (non-hydrogen) atoms. The number of rotatable bonds is 15. The largest absolute Gasteiger partial charge is 1.00 e. The summed E-state index contributed by atoms with van der Waals surface area (Å²) in [6.45, 7) is 0.0786. The molecule has 0 radical (unpaired) electrons. The third-order valence-corrected chi connectivity index (χ3v) is 6.04. The van der Waals surface area contributed by atoms with Gasteiger partial charge in [0.1, 0.15) is 18.3 Å². The zero-order valence-corrected chi connectivity index (χ0v) is 25.0. The second-order valence-electron chi connectivity index (χ2n) is 7.35. The van der Waals surface area contributed by atoms with E-state index in [9.17, 15) is 39.6 Å². The summed E-state index contributed by atoms with van der Waals surface area (Å²) in [5.74, 6) is -2.84. The van der Waals surface area contributed by atoms with Gasteiger partial charge in [-0.05, 0) is 6.92 Å². The smallest absolute Gasteiger partial charge is 0.481 e. The van der Waals surface area contributed by atoms with E-state index >= 15 is 0 Å². The Balaban J connectivity index is 0.0000144. The summed E-state index contributed by atoms with van der Waals surface area (Å²) in [7, 11) is -15.6. The monoisotopic (exact) mass is 641 g/mol. The molecular weight excluding hydrogens is 615 g/mol. The fraction of sp³-hybridized carbons (Fsp3) is 0.800. The number of carbonyl (C=O) groups excluding carboxylic acids is 2. The first kappa shape index (κ1) is 37.9. The average molecular weight is 642 g/mol. The molecule has 1 fully saturated rings. The van der Waals surface area contributed by atoms with Gasteiger partial charge in [0, 0.05) is 26.6 Å². The van der Waals surface area contributed by atoms with Gasteiger partial charge in [0.25, 0.3) is 0 Å². The summed E-state index contributed by atoms with van der Waals surface area (Å²) in [5, 5.41) is 10.9. The Morgan fingerprint density at radius 1 is 0.872 bits per heavy atom. The zero-order chi connectivity index (χ0) is 29.5. The van der Waals surface area contributed by atoms with Crippen LogP contribution < -0.4 is 34.9 Å². The van der Waals surface area contributed by atoms with E-state index in [1.54, 1.807) is 0 Å². The number of likely N-dealkylation sites (N-methyl/N-ethyl adjacent to an activating group) is 1. The predicted octanol–water partition coefficient (Wildman–Crippen LogP) is -6.24. The number of nitrogens with one attached hydrogen (secondary N) is 1. The Morgan fingerprint density at radius 3 is 1.79 bits per heavy atom. The Hall–Kier alpha value is -1.06. The number of carboxylic acids is 1. The summed E-state index contributed by atoms with van der Waals surface area (Å²) >= 11 is 0. The zero-order valence-electron chi connectivity index (χ0n) is 20.6. The van der Waals surface area contributed by atoms with E-state index in [1.165, 1.54) is 6.92 Å². The van der Waals surface area contributed by atoms with Crippen molar-refractivity contribution in [2.24, 2.45) is 0 Å². The fourth-order valence-electron chi connectivity index (χ4n) is 3.17. The minimum absolute atomic E-state index is 0. The van der Waals surface area contributed by atoms with Gasteiger partial charge in [-0.2, -0.15) is 25.3 Å². The second-order valence-corrected chi connectivity index (χ2v) is 10.5. The Labute approximate surface area is 245 Å². The summed E-state index contributed by atoms with van der Waals surface area (Å²) in [5.41, 5.74) is 0. The molecule has 0 aromatic carbocycles. The Kier molecular flexibility index (Phi) is 15.4. The van der Waals surface area contributed by atoms with Crippen molar-refractivity contribution in [2.75, 3.05) is 26.7 Å². The number of carbonyl (C=O) groups is 3. The van der Waals surface area contributed by atoms with Crippen molar-refractivity contribution in [3.8, 4) is 0 Å². The van der Waals surface area contributed by atoms with E-state index in [0.29, 0.717) is 0 Å². The van der Waals surface area contributed by atoms with Gasteiger partial charge in [0.05, 0.1) is 13.0 Å². The predicted molar refractivity (Wildman–Crippen MR) is 117 cm³/mol. The molecule has 0 saturated carbocycles. The van der Waals surface area contributed by atoms with Crippen molar-refractivity contribution in [2.45, 2.75) is 50.5 Å². The molecular formula is C15H26N2NaO18S3+. The van der Waals surface area contributed by atoms with Crippen LogP contribution in [0, 0.1) is 0 Å². The number of ether oxygens (including phenoxy) is 2. The van der Waals surface area contributed by atoms with Gasteiger partial charge >= 0.3 is 66.7 Å². The van der Waals surface area contributed by atoms with Gasteiger partial charge < -0.3 is 24.8 Å². The summed E-state index contributed by atoms with van der Waals surface area (Å²) in [6, 6.07) is 0. The molecule has 0 unspecified atom stereocenters. The molecule has 0 aliphatic carbocycles. The molecule has 1 saturated heterocycles. The third-order valence-electron chi connectivity index (χ3n) is 4.64. The number of nitrogens with zero attached hydrogens (tertiary/aromatic N) is 1. The Bertz CT molecular complexity index is 1180. The van der Waals surface area contributed by atoms with E-state index in [0.717, 1.165) is 12.0 Å². The molecule has 5 N–H and O–H groups in total. The van der Waals surface area contributed by atoms with Crippen LogP contribution in [-0.2, 0) is 67.6 Å². The summed E-state index contributed by atoms with van der Waals surface area (Å²) in [6.07, 6.45) is -12.0. The average Bonchev–Trinajstić information content (AvgIpc) is 2.74. The topological polar surface area (TPSA) is 296 Å². The van der Waals surface area contributed by atoms with Crippen molar-refractivity contribution >= 4 is 49.0 Å². The minimum Gasteiger partial charge on any atom is -0.481 e. The van der Waals surface area contributed by atoms with Gasteiger partial charge in [0.15, 0.2) is 12.4 Å². The number of methoxy groups -OCH3 is 1. The molecule has 0 bridgehead atoms. The van der Waals surface area contributed by atoms with Crippen LogP contribution in [0.1, 0.15) is 19.8 Å². The first-order valence-electron chi connectivity index (χ1n) is 10.2. The van der Waals surface area contributed by atoms with E-state index < -0.39 is 106 Å². The molecule has 24 heteroatoms. The van der Waals surface area contributed by atoms with Gasteiger partial charge in [-0.3, -0.25) is 28.0 Å². The first-order valence-corrected chi connectivity index (χ1v) is 14.3. The molecule has 0 aromatic rings. The maximum Gasteiger partial charge on any atom is 1.00 e. The molecule has 222 valence electrons. The van der Waals surface area contributed by atoms with Crippen molar-refractivity contribution in [1.82, 2.24) is 10.2 Å². The number of amides is 2. The quantitative estimate of drug-likeness (QED) is 0.0820. The molecule has 0 spiro atoms. The van der Waals surface area contributed by atoms with Crippen LogP contribution >= 0.6 is 0 Å². The normalized spacial score (nSPS) is 23.9. The van der Waals surface area contributed by atoms with Crippen LogP contribution in [0.4, 0.5) is 0 Å². The molecule has 1 heterocycles. The van der Waals surface area contributed by atoms with Crippen molar-refractivity contribution in [1.29, 1.82) is 0 Å². The number of hydrogen-bond acceptors (Lipinski definition) is 14. The molecule has 1 aliphatic heterocycles. The molecule has 5 atom stereocenters. The van der Waals surface area contributed by atoms with Crippen molar-refractivity contribution in [3.63, 3.8) is 0 Å². The SMILES string of the molecule is CCN(CC(=O)NC[C@H]1O[C@H](OC)[C@@H](OS(=O)(=O)O)[C@@H](OS(=O)(=O)O)[C@@H]1OS(=O)(=O)O)C(=O)CCC(=O)O.[Na+]. The first-order chi connectivity index (χ1) is 17.3. The van der Waals surface area contributed by atoms with Crippen LogP contribution in [0.3, 0.4) is 0 Å². The van der Waals surface area contributed by atoms with E-state index in [-0.39, 0.29) is 36.1 Å². The standard InChI is InChI=1S/C15H26N2O18S3.Na/c1-3-17(10(19)4-5-11(20)21)7-9(18)16-6-8-12(33-36(22,23)24)13(34-37(25,26)27)14(15(31-2)32-8)35-38(28,29)30;/h8,12-15H,3-7H2,1-2H3,(H,16,18)(H,20,21)(H,22,23,24)(H,25,26,27)(H,28,29,30);/q;+1/t8-,12-,13+,14+,15+;/m1./s1. The van der Waals surface area contributed by atoms with E-state index in [2.05, 4.69) is 17.9 Å². The third kappa shape index (κ3) is 14.4. The summed E-state index contributed by atoms with van der Waals surface area (Å²) < 4.78 is 118. The van der Waals surface area contributed by atoms with Crippen molar-refractivity contribution in [3.05, 3.63) is 0 Å². The molecule has 2 amide bonds. The van der Waals surface area contributed by atoms with Gasteiger partial charge in [-0.1, -0.05) is 0 Å². The minimum atomic E-state index is -5.52. The van der Waals surface area contributed by atoms with Crippen molar-refractivity contribution < 1.29 is 110 Å². The van der Waals surface area contributed by atoms with Crippen LogP contribution in [0.25, 0.3) is 0 Å². The van der Waals surface area contributed by atoms with E-state index in [1.807, 2.05) is 0 Å². The molecule has 1 aliphatic rings. The van der Waals surface area contributed by atoms with Crippen LogP contribution in [0.2, 0.25) is 0 Å². The van der Waals surface area contributed by atoms with Crippen LogP contribution in [0.15, 0.2) is 0 Å². The summed E-state index contributed by atoms with van der Waals surface area (Å²) in [4.78, 5) is 36.1. The van der Waals surface area contributed by atoms with Gasteiger partial charge in [-0.15, -0.1) is 0 Å². The maximum atomic E-state index is 12.4. The maximum absolute atomic E-state index is 12.4. The van der Waals surface area contributed by atoms with Crippen LogP contribution in [-0.4, -0.2) is 124 Å². The fourth-order valence-corrected chi connectivity index (χ4v) is 4.67. The number of hydrogen-bond donors (Lipinski definition) is 5.